The van der Waals surface area contributed by atoms with Crippen molar-refractivity contribution in [1.29, 1.82) is 0 Å². The Hall–Kier alpha value is -2.18. The van der Waals surface area contributed by atoms with Crippen LogP contribution >= 0.6 is 0 Å². The van der Waals surface area contributed by atoms with E-state index in [1.54, 1.807) is 6.92 Å². The van der Waals surface area contributed by atoms with Gasteiger partial charge in [-0.3, -0.25) is 14.4 Å². The second kappa shape index (κ2) is 8.96. The Bertz CT molecular complexity index is 522. The molecule has 0 aliphatic rings. The fourth-order valence-corrected chi connectivity index (χ4v) is 2.01. The molecule has 0 fully saturated rings. The van der Waals surface area contributed by atoms with E-state index in [2.05, 4.69) is 5.16 Å². The third-order valence-electron chi connectivity index (χ3n) is 3.18. The SMILES string of the molecule is CCOC(=O)CCCCC(C(C)=O)C(=O)c1cc(OC)no1. The molecule has 0 saturated heterocycles. The normalized spacial score (nSPS) is 11.8. The number of aromatic nitrogens is 1. The van der Waals surface area contributed by atoms with Gasteiger partial charge in [0.15, 0.2) is 0 Å². The largest absolute Gasteiger partial charge is 0.479 e. The first-order valence-electron chi connectivity index (χ1n) is 7.20. The van der Waals surface area contributed by atoms with Crippen molar-refractivity contribution in [2.24, 2.45) is 5.92 Å². The van der Waals surface area contributed by atoms with E-state index in [1.165, 1.54) is 20.1 Å². The highest BCUT2D eigenvalue weighted by Crippen LogP contribution is 2.20. The number of Topliss-reactive ketones (excluding diaryl/α,β-unsaturated/α-hetero) is 2. The highest BCUT2D eigenvalue weighted by Gasteiger charge is 2.27. The minimum atomic E-state index is -0.792. The monoisotopic (exact) mass is 311 g/mol. The van der Waals surface area contributed by atoms with Crippen molar-refractivity contribution in [3.8, 4) is 5.88 Å². The zero-order valence-electron chi connectivity index (χ0n) is 13.1. The van der Waals surface area contributed by atoms with Gasteiger partial charge in [0.2, 0.25) is 11.5 Å². The molecule has 0 aliphatic carbocycles. The highest BCUT2D eigenvalue weighted by molar-refractivity contribution is 6.08. The number of hydrogen-bond acceptors (Lipinski definition) is 7. The van der Waals surface area contributed by atoms with Crippen LogP contribution in [-0.2, 0) is 14.3 Å². The van der Waals surface area contributed by atoms with E-state index in [-0.39, 0.29) is 29.8 Å². The van der Waals surface area contributed by atoms with E-state index >= 15 is 0 Å². The van der Waals surface area contributed by atoms with Gasteiger partial charge < -0.3 is 14.0 Å². The molecule has 1 heterocycles. The van der Waals surface area contributed by atoms with E-state index in [4.69, 9.17) is 14.0 Å². The molecule has 1 unspecified atom stereocenters. The maximum absolute atomic E-state index is 12.2. The number of ketones is 2. The van der Waals surface area contributed by atoms with Crippen LogP contribution in [0, 0.1) is 5.92 Å². The van der Waals surface area contributed by atoms with Gasteiger partial charge in [-0.25, -0.2) is 0 Å². The minimum absolute atomic E-state index is 0.00226. The maximum Gasteiger partial charge on any atom is 0.305 e. The molecule has 0 spiro atoms. The molecular formula is C15H21NO6. The summed E-state index contributed by atoms with van der Waals surface area (Å²) in [6.45, 7) is 3.45. The molecule has 0 aromatic carbocycles. The van der Waals surface area contributed by atoms with Gasteiger partial charge in [0.05, 0.1) is 25.7 Å². The van der Waals surface area contributed by atoms with Crippen molar-refractivity contribution in [2.45, 2.75) is 39.5 Å². The average molecular weight is 311 g/mol. The Balaban J connectivity index is 2.53. The minimum Gasteiger partial charge on any atom is -0.479 e. The summed E-state index contributed by atoms with van der Waals surface area (Å²) in [7, 11) is 1.41. The van der Waals surface area contributed by atoms with Crippen molar-refractivity contribution in [3.63, 3.8) is 0 Å². The van der Waals surface area contributed by atoms with E-state index in [0.29, 0.717) is 25.9 Å². The molecule has 1 aromatic heterocycles. The van der Waals surface area contributed by atoms with Crippen molar-refractivity contribution in [3.05, 3.63) is 11.8 Å². The molecular weight excluding hydrogens is 290 g/mol. The van der Waals surface area contributed by atoms with Crippen molar-refractivity contribution in [2.75, 3.05) is 13.7 Å². The number of rotatable bonds is 10. The van der Waals surface area contributed by atoms with E-state index in [1.807, 2.05) is 0 Å². The highest BCUT2D eigenvalue weighted by atomic mass is 16.5. The third kappa shape index (κ3) is 5.31. The molecule has 0 saturated carbocycles. The number of carbonyl (C=O) groups is 3. The maximum atomic E-state index is 12.2. The quantitative estimate of drug-likeness (QED) is 0.283. The predicted octanol–water partition coefficient (Wildman–Crippen LogP) is 2.19. The van der Waals surface area contributed by atoms with Gasteiger partial charge in [0.25, 0.3) is 5.88 Å². The third-order valence-corrected chi connectivity index (χ3v) is 3.18. The van der Waals surface area contributed by atoms with Gasteiger partial charge in [0, 0.05) is 6.42 Å². The summed E-state index contributed by atoms with van der Waals surface area (Å²) >= 11 is 0. The number of ether oxygens (including phenoxy) is 2. The van der Waals surface area contributed by atoms with Crippen LogP contribution in [0.3, 0.4) is 0 Å². The summed E-state index contributed by atoms with van der Waals surface area (Å²) in [6.07, 6.45) is 1.77. The molecule has 7 nitrogen and oxygen atoms in total. The Labute approximate surface area is 128 Å². The summed E-state index contributed by atoms with van der Waals surface area (Å²) in [5.41, 5.74) is 0. The van der Waals surface area contributed by atoms with E-state index in [0.717, 1.165) is 0 Å². The van der Waals surface area contributed by atoms with Crippen LogP contribution in [-0.4, -0.2) is 36.4 Å². The Morgan fingerprint density at radius 2 is 2.05 bits per heavy atom. The van der Waals surface area contributed by atoms with Crippen molar-refractivity contribution < 1.29 is 28.4 Å². The topological polar surface area (TPSA) is 95.7 Å². The number of esters is 1. The fraction of sp³-hybridized carbons (Fsp3) is 0.600. The average Bonchev–Trinajstić information content (AvgIpc) is 2.95. The lowest BCUT2D eigenvalue weighted by Crippen LogP contribution is -2.22. The van der Waals surface area contributed by atoms with Gasteiger partial charge in [0.1, 0.15) is 5.78 Å². The first-order valence-corrected chi connectivity index (χ1v) is 7.20. The van der Waals surface area contributed by atoms with E-state index < -0.39 is 11.7 Å². The molecule has 22 heavy (non-hydrogen) atoms. The molecule has 1 atom stereocenters. The molecule has 0 amide bonds. The lowest BCUT2D eigenvalue weighted by molar-refractivity contribution is -0.143. The molecule has 0 aliphatic heterocycles. The summed E-state index contributed by atoms with van der Waals surface area (Å²) < 4.78 is 14.5. The Morgan fingerprint density at radius 3 is 2.59 bits per heavy atom. The van der Waals surface area contributed by atoms with Crippen LogP contribution in [0.2, 0.25) is 0 Å². The summed E-state index contributed by atoms with van der Waals surface area (Å²) in [6, 6.07) is 1.36. The van der Waals surface area contributed by atoms with Crippen LogP contribution in [0.4, 0.5) is 0 Å². The molecule has 0 radical (unpaired) electrons. The number of hydrogen-bond donors (Lipinski definition) is 0. The molecule has 7 heteroatoms. The molecule has 122 valence electrons. The molecule has 0 bridgehead atoms. The second-order valence-corrected chi connectivity index (χ2v) is 4.81. The summed E-state index contributed by atoms with van der Waals surface area (Å²) in [5, 5.41) is 3.55. The summed E-state index contributed by atoms with van der Waals surface area (Å²) in [4.78, 5) is 35.1. The van der Waals surface area contributed by atoms with Crippen LogP contribution in [0.5, 0.6) is 5.88 Å². The zero-order valence-corrected chi connectivity index (χ0v) is 13.1. The number of carbonyl (C=O) groups excluding carboxylic acids is 3. The van der Waals surface area contributed by atoms with Crippen molar-refractivity contribution in [1.82, 2.24) is 5.16 Å². The number of unbranched alkanes of at least 4 members (excludes halogenated alkanes) is 1. The summed E-state index contributed by atoms with van der Waals surface area (Å²) in [5.74, 6) is -1.53. The van der Waals surface area contributed by atoms with Crippen LogP contribution in [0.1, 0.15) is 50.1 Å². The van der Waals surface area contributed by atoms with Gasteiger partial charge in [-0.05, 0) is 31.8 Å². The molecule has 0 N–H and O–H groups in total. The van der Waals surface area contributed by atoms with Crippen molar-refractivity contribution >= 4 is 17.5 Å². The molecule has 1 aromatic rings. The van der Waals surface area contributed by atoms with Crippen LogP contribution < -0.4 is 4.74 Å². The molecule has 1 rings (SSSR count). The van der Waals surface area contributed by atoms with Gasteiger partial charge in [-0.2, -0.15) is 0 Å². The smallest absolute Gasteiger partial charge is 0.305 e. The zero-order chi connectivity index (χ0) is 16.5. The first-order chi connectivity index (χ1) is 10.5. The van der Waals surface area contributed by atoms with Crippen LogP contribution in [0.25, 0.3) is 0 Å². The van der Waals surface area contributed by atoms with Crippen LogP contribution in [0.15, 0.2) is 10.6 Å². The Kier molecular flexibility index (Phi) is 7.28. The van der Waals surface area contributed by atoms with Gasteiger partial charge >= 0.3 is 5.97 Å². The lowest BCUT2D eigenvalue weighted by Gasteiger charge is -2.10. The standard InChI is InChI=1S/C15H21NO6/c1-4-21-14(18)8-6-5-7-11(10(2)17)15(19)12-9-13(20-3)16-22-12/h9,11H,4-8H2,1-3H3. The number of nitrogens with zero attached hydrogens (tertiary/aromatic N) is 1. The Morgan fingerprint density at radius 1 is 1.32 bits per heavy atom. The fourth-order valence-electron chi connectivity index (χ4n) is 2.01. The first kappa shape index (κ1) is 17.9. The lowest BCUT2D eigenvalue weighted by atomic mass is 9.92. The predicted molar refractivity (Wildman–Crippen MR) is 76.7 cm³/mol. The van der Waals surface area contributed by atoms with Gasteiger partial charge in [-0.1, -0.05) is 6.42 Å². The van der Waals surface area contributed by atoms with E-state index in [9.17, 15) is 14.4 Å². The van der Waals surface area contributed by atoms with Gasteiger partial charge in [-0.15, -0.1) is 0 Å². The number of methoxy groups -OCH3 is 1. The second-order valence-electron chi connectivity index (χ2n) is 4.81.